The molecular weight excluding hydrogens is 278 g/mol. The summed E-state index contributed by atoms with van der Waals surface area (Å²) in [6.45, 7) is 1.87. The number of aromatic nitrogens is 2. The lowest BCUT2D eigenvalue weighted by molar-refractivity contribution is 0.101. The van der Waals surface area contributed by atoms with E-state index in [-0.39, 0.29) is 10.8 Å². The average molecular weight is 291 g/mol. The van der Waals surface area contributed by atoms with Gasteiger partial charge in [0.1, 0.15) is 0 Å². The van der Waals surface area contributed by atoms with Gasteiger partial charge < -0.3 is 0 Å². The molecule has 1 aliphatic heterocycles. The lowest BCUT2D eigenvalue weighted by Gasteiger charge is -2.18. The topological polar surface area (TPSA) is 83.1 Å². The summed E-state index contributed by atoms with van der Waals surface area (Å²) in [4.78, 5) is 11.4. The van der Waals surface area contributed by atoms with Crippen LogP contribution in [-0.4, -0.2) is 30.9 Å². The van der Waals surface area contributed by atoms with Crippen LogP contribution < -0.4 is 4.31 Å². The summed E-state index contributed by atoms with van der Waals surface area (Å²) >= 11 is 0. The van der Waals surface area contributed by atoms with Crippen molar-refractivity contribution in [3.05, 3.63) is 41.6 Å². The van der Waals surface area contributed by atoms with E-state index >= 15 is 0 Å². The molecule has 0 spiro atoms. The molecule has 0 saturated heterocycles. The lowest BCUT2D eigenvalue weighted by atomic mass is 10.1. The van der Waals surface area contributed by atoms with Crippen molar-refractivity contribution in [2.45, 2.75) is 18.4 Å². The van der Waals surface area contributed by atoms with E-state index in [1.54, 1.807) is 18.2 Å². The highest BCUT2D eigenvalue weighted by atomic mass is 32.2. The van der Waals surface area contributed by atoms with Crippen LogP contribution in [0.15, 0.2) is 35.5 Å². The Balaban J connectivity index is 2.04. The monoisotopic (exact) mass is 291 g/mol. The number of carbonyl (C=O) groups is 1. The number of H-pyrrole nitrogens is 1. The molecule has 0 aliphatic carbocycles. The summed E-state index contributed by atoms with van der Waals surface area (Å²) in [5.74, 6) is -0.0253. The van der Waals surface area contributed by atoms with E-state index in [1.165, 1.54) is 23.5 Å². The maximum Gasteiger partial charge on any atom is 0.281 e. The van der Waals surface area contributed by atoms with Gasteiger partial charge in [-0.05, 0) is 43.2 Å². The second-order valence-corrected chi connectivity index (χ2v) is 6.48. The van der Waals surface area contributed by atoms with Crippen molar-refractivity contribution in [2.24, 2.45) is 0 Å². The molecular formula is C13H13N3O3S. The molecule has 0 fully saturated rings. The maximum atomic E-state index is 12.5. The number of rotatable bonds is 3. The third kappa shape index (κ3) is 1.90. The molecule has 0 amide bonds. The molecule has 0 bridgehead atoms. The molecule has 0 saturated carbocycles. The van der Waals surface area contributed by atoms with E-state index in [1.807, 2.05) is 0 Å². The van der Waals surface area contributed by atoms with Gasteiger partial charge in [-0.1, -0.05) is 0 Å². The minimum Gasteiger partial charge on any atom is -0.295 e. The molecule has 3 rings (SSSR count). The van der Waals surface area contributed by atoms with Gasteiger partial charge in [0, 0.05) is 12.1 Å². The highest BCUT2D eigenvalue weighted by molar-refractivity contribution is 7.92. The van der Waals surface area contributed by atoms with Crippen molar-refractivity contribution in [3.63, 3.8) is 0 Å². The summed E-state index contributed by atoms with van der Waals surface area (Å²) in [6, 6.07) is 6.53. The Bertz CT molecular complexity index is 766. The maximum absolute atomic E-state index is 12.5. The van der Waals surface area contributed by atoms with Gasteiger partial charge in [0.25, 0.3) is 10.0 Å². The second kappa shape index (κ2) is 4.45. The lowest BCUT2D eigenvalue weighted by Crippen LogP contribution is -2.29. The first kappa shape index (κ1) is 12.9. The molecule has 2 aromatic rings. The Morgan fingerprint density at radius 1 is 1.35 bits per heavy atom. The summed E-state index contributed by atoms with van der Waals surface area (Å²) < 4.78 is 26.3. The Labute approximate surface area is 116 Å². The minimum absolute atomic E-state index is 0.0253. The number of nitrogens with zero attached hydrogens (tertiary/aromatic N) is 2. The Hall–Kier alpha value is -2.15. The van der Waals surface area contributed by atoms with E-state index in [2.05, 4.69) is 10.2 Å². The number of benzene rings is 1. The predicted molar refractivity (Wildman–Crippen MR) is 73.3 cm³/mol. The van der Waals surface area contributed by atoms with Gasteiger partial charge in [0.05, 0.1) is 11.9 Å². The van der Waals surface area contributed by atoms with E-state index in [4.69, 9.17) is 0 Å². The predicted octanol–water partition coefficient (Wildman–Crippen LogP) is 1.36. The molecule has 1 aromatic heterocycles. The molecule has 2 heterocycles. The number of Topliss-reactive ketones (excluding diaryl/α,β-unsaturated/α-hetero) is 1. The zero-order valence-corrected chi connectivity index (χ0v) is 11.6. The summed E-state index contributed by atoms with van der Waals surface area (Å²) in [7, 11) is -3.61. The number of carbonyl (C=O) groups excluding carboxylic acids is 1. The van der Waals surface area contributed by atoms with Crippen LogP contribution in [0.1, 0.15) is 22.8 Å². The van der Waals surface area contributed by atoms with Crippen LogP contribution in [-0.2, 0) is 16.4 Å². The van der Waals surface area contributed by atoms with Gasteiger partial charge in [-0.2, -0.15) is 13.5 Å². The molecule has 0 unspecified atom stereocenters. The number of sulfonamides is 1. The Kier molecular flexibility index (Phi) is 2.86. The largest absolute Gasteiger partial charge is 0.295 e. The van der Waals surface area contributed by atoms with Gasteiger partial charge >= 0.3 is 0 Å². The summed E-state index contributed by atoms with van der Waals surface area (Å²) in [6.07, 6.45) is 2.01. The van der Waals surface area contributed by atoms with Crippen molar-refractivity contribution in [2.75, 3.05) is 10.8 Å². The zero-order valence-electron chi connectivity index (χ0n) is 10.8. The van der Waals surface area contributed by atoms with Gasteiger partial charge in [-0.3, -0.25) is 14.2 Å². The minimum atomic E-state index is -3.61. The number of hydrogen-bond acceptors (Lipinski definition) is 4. The van der Waals surface area contributed by atoms with Crippen LogP contribution in [0.2, 0.25) is 0 Å². The van der Waals surface area contributed by atoms with Crippen LogP contribution in [0.5, 0.6) is 0 Å². The van der Waals surface area contributed by atoms with Crippen LogP contribution >= 0.6 is 0 Å². The normalized spacial score (nSPS) is 14.3. The van der Waals surface area contributed by atoms with Gasteiger partial charge in [0.2, 0.25) is 0 Å². The van der Waals surface area contributed by atoms with Crippen molar-refractivity contribution in [1.82, 2.24) is 10.2 Å². The number of ketones is 1. The van der Waals surface area contributed by atoms with Crippen LogP contribution in [0.25, 0.3) is 0 Å². The van der Waals surface area contributed by atoms with Crippen LogP contribution in [0.4, 0.5) is 5.69 Å². The molecule has 104 valence electrons. The first-order valence-electron chi connectivity index (χ1n) is 6.16. The quantitative estimate of drug-likeness (QED) is 0.866. The Morgan fingerprint density at radius 3 is 2.80 bits per heavy atom. The average Bonchev–Trinajstić information content (AvgIpc) is 3.07. The van der Waals surface area contributed by atoms with E-state index < -0.39 is 10.0 Å². The van der Waals surface area contributed by atoms with Crippen molar-refractivity contribution < 1.29 is 13.2 Å². The fourth-order valence-corrected chi connectivity index (χ4v) is 3.75. The molecule has 1 N–H and O–H groups in total. The second-order valence-electron chi connectivity index (χ2n) is 4.65. The fraction of sp³-hybridized carbons (Fsp3) is 0.231. The molecule has 1 aliphatic rings. The number of anilines is 1. The number of fused-ring (bicyclic) bond motifs is 1. The molecule has 0 atom stereocenters. The number of nitrogens with one attached hydrogen (secondary N) is 1. The number of hydrogen-bond donors (Lipinski definition) is 1. The van der Waals surface area contributed by atoms with Crippen LogP contribution in [0.3, 0.4) is 0 Å². The fourth-order valence-electron chi connectivity index (χ4n) is 2.35. The summed E-state index contributed by atoms with van der Waals surface area (Å²) in [5, 5.41) is 6.23. The van der Waals surface area contributed by atoms with Gasteiger partial charge in [0.15, 0.2) is 10.8 Å². The van der Waals surface area contributed by atoms with Crippen molar-refractivity contribution in [3.8, 4) is 0 Å². The standard InChI is InChI=1S/C13H13N3O3S/c1-9(17)10-2-3-12-11(8-10)5-7-16(12)20(18,19)13-4-6-14-15-13/h2-4,6,8H,5,7H2,1H3,(H,14,15). The highest BCUT2D eigenvalue weighted by Gasteiger charge is 2.31. The van der Waals surface area contributed by atoms with E-state index in [0.29, 0.717) is 24.2 Å². The first-order chi connectivity index (χ1) is 9.50. The third-order valence-electron chi connectivity index (χ3n) is 3.38. The van der Waals surface area contributed by atoms with Crippen molar-refractivity contribution >= 4 is 21.5 Å². The first-order valence-corrected chi connectivity index (χ1v) is 7.60. The Morgan fingerprint density at radius 2 is 2.15 bits per heavy atom. The molecule has 7 heteroatoms. The highest BCUT2D eigenvalue weighted by Crippen LogP contribution is 2.33. The van der Waals surface area contributed by atoms with E-state index in [9.17, 15) is 13.2 Å². The smallest absolute Gasteiger partial charge is 0.281 e. The van der Waals surface area contributed by atoms with Gasteiger partial charge in [-0.25, -0.2) is 0 Å². The van der Waals surface area contributed by atoms with Gasteiger partial charge in [-0.15, -0.1) is 0 Å². The molecule has 20 heavy (non-hydrogen) atoms. The number of aromatic amines is 1. The van der Waals surface area contributed by atoms with Crippen LogP contribution in [0, 0.1) is 0 Å². The van der Waals surface area contributed by atoms with Crippen molar-refractivity contribution in [1.29, 1.82) is 0 Å². The SMILES string of the molecule is CC(=O)c1ccc2c(c1)CCN2S(=O)(=O)c1ccn[nH]1. The molecule has 6 nitrogen and oxygen atoms in total. The van der Waals surface area contributed by atoms with E-state index in [0.717, 1.165) is 5.56 Å². The zero-order chi connectivity index (χ0) is 14.3. The molecule has 1 aromatic carbocycles. The third-order valence-corrected chi connectivity index (χ3v) is 5.12. The molecule has 0 radical (unpaired) electrons. The summed E-state index contributed by atoms with van der Waals surface area (Å²) in [5.41, 5.74) is 2.11.